The molecule has 18 heavy (non-hydrogen) atoms. The van der Waals surface area contributed by atoms with E-state index in [1.165, 1.54) is 11.1 Å². The number of aryl methyl sites for hydroxylation is 2. The van der Waals surface area contributed by atoms with Crippen LogP contribution in [-0.2, 0) is 6.54 Å². The van der Waals surface area contributed by atoms with E-state index in [0.29, 0.717) is 5.95 Å². The third-order valence-corrected chi connectivity index (χ3v) is 2.67. The summed E-state index contributed by atoms with van der Waals surface area (Å²) >= 11 is 0. The van der Waals surface area contributed by atoms with Gasteiger partial charge >= 0.3 is 0 Å². The second-order valence-corrected chi connectivity index (χ2v) is 4.12. The third-order valence-electron chi connectivity index (χ3n) is 2.67. The van der Waals surface area contributed by atoms with Crippen LogP contribution in [-0.4, -0.2) is 22.0 Å². The van der Waals surface area contributed by atoms with E-state index < -0.39 is 0 Å². The molecule has 0 aliphatic heterocycles. The first-order valence-electron chi connectivity index (χ1n) is 5.86. The van der Waals surface area contributed by atoms with E-state index in [2.05, 4.69) is 25.6 Å². The molecule has 5 heteroatoms. The van der Waals surface area contributed by atoms with Gasteiger partial charge in [0.1, 0.15) is 5.82 Å². The van der Waals surface area contributed by atoms with Gasteiger partial charge in [0.15, 0.2) is 0 Å². The third kappa shape index (κ3) is 2.94. The van der Waals surface area contributed by atoms with Crippen LogP contribution in [0.5, 0.6) is 0 Å². The van der Waals surface area contributed by atoms with E-state index in [1.807, 2.05) is 39.2 Å². The minimum Gasteiger partial charge on any atom is -0.366 e. The predicted molar refractivity (Wildman–Crippen MR) is 72.6 cm³/mol. The molecule has 0 spiro atoms. The Bertz CT molecular complexity index is 539. The number of rotatable bonds is 4. The highest BCUT2D eigenvalue weighted by Crippen LogP contribution is 2.12. The molecule has 2 heterocycles. The SMILES string of the molecule is CNc1nc(C)cc(NCc2ccncc2C)n1. The fourth-order valence-corrected chi connectivity index (χ4v) is 1.66. The van der Waals surface area contributed by atoms with E-state index in [9.17, 15) is 0 Å². The zero-order chi connectivity index (χ0) is 13.0. The number of aromatic nitrogens is 3. The van der Waals surface area contributed by atoms with Crippen LogP contribution in [0.3, 0.4) is 0 Å². The number of nitrogens with zero attached hydrogens (tertiary/aromatic N) is 3. The lowest BCUT2D eigenvalue weighted by Crippen LogP contribution is -2.06. The first kappa shape index (κ1) is 12.3. The molecule has 2 aromatic rings. The van der Waals surface area contributed by atoms with Gasteiger partial charge in [-0.05, 0) is 31.0 Å². The Morgan fingerprint density at radius 1 is 1.22 bits per heavy atom. The summed E-state index contributed by atoms with van der Waals surface area (Å²) in [5.41, 5.74) is 3.32. The average Bonchev–Trinajstić information content (AvgIpc) is 2.37. The van der Waals surface area contributed by atoms with Gasteiger partial charge in [0.2, 0.25) is 5.95 Å². The van der Waals surface area contributed by atoms with Gasteiger partial charge in [-0.3, -0.25) is 4.98 Å². The highest BCUT2D eigenvalue weighted by Gasteiger charge is 2.02. The number of hydrogen-bond acceptors (Lipinski definition) is 5. The summed E-state index contributed by atoms with van der Waals surface area (Å²) in [6, 6.07) is 3.94. The Morgan fingerprint density at radius 3 is 2.78 bits per heavy atom. The van der Waals surface area contributed by atoms with Crippen LogP contribution in [0.4, 0.5) is 11.8 Å². The fraction of sp³-hybridized carbons (Fsp3) is 0.308. The maximum Gasteiger partial charge on any atom is 0.224 e. The summed E-state index contributed by atoms with van der Waals surface area (Å²) in [4.78, 5) is 12.7. The Balaban J connectivity index is 2.11. The molecule has 2 rings (SSSR count). The first-order valence-corrected chi connectivity index (χ1v) is 5.86. The summed E-state index contributed by atoms with van der Waals surface area (Å²) in [6.07, 6.45) is 3.66. The van der Waals surface area contributed by atoms with Crippen LogP contribution in [0.25, 0.3) is 0 Å². The van der Waals surface area contributed by atoms with Crippen LogP contribution in [0.2, 0.25) is 0 Å². The molecule has 0 unspecified atom stereocenters. The van der Waals surface area contributed by atoms with Crippen molar-refractivity contribution in [1.82, 2.24) is 15.0 Å². The number of nitrogens with one attached hydrogen (secondary N) is 2. The standard InChI is InChI=1S/C13H17N5/c1-9-7-15-5-4-11(9)8-16-12-6-10(2)17-13(14-3)18-12/h4-7H,8H2,1-3H3,(H2,14,16,17,18). The normalized spacial score (nSPS) is 10.2. The van der Waals surface area contributed by atoms with Crippen molar-refractivity contribution in [2.24, 2.45) is 0 Å². The number of pyridine rings is 1. The van der Waals surface area contributed by atoms with Crippen LogP contribution < -0.4 is 10.6 Å². The molecule has 0 fully saturated rings. The van der Waals surface area contributed by atoms with Gasteiger partial charge in [-0.25, -0.2) is 4.98 Å². The topological polar surface area (TPSA) is 62.7 Å². The zero-order valence-electron chi connectivity index (χ0n) is 10.9. The van der Waals surface area contributed by atoms with Crippen LogP contribution in [0.15, 0.2) is 24.5 Å². The second-order valence-electron chi connectivity index (χ2n) is 4.12. The quantitative estimate of drug-likeness (QED) is 0.861. The predicted octanol–water partition coefficient (Wildman–Crippen LogP) is 2.14. The van der Waals surface area contributed by atoms with Gasteiger partial charge < -0.3 is 10.6 Å². The molecule has 0 atom stereocenters. The molecule has 0 radical (unpaired) electrons. The lowest BCUT2D eigenvalue weighted by molar-refractivity contribution is 1.04. The van der Waals surface area contributed by atoms with E-state index in [1.54, 1.807) is 6.20 Å². The van der Waals surface area contributed by atoms with Crippen molar-refractivity contribution in [3.05, 3.63) is 41.3 Å². The van der Waals surface area contributed by atoms with Crippen molar-refractivity contribution >= 4 is 11.8 Å². The molecule has 0 aliphatic carbocycles. The molecule has 0 saturated carbocycles. The summed E-state index contributed by atoms with van der Waals surface area (Å²) < 4.78 is 0. The van der Waals surface area contributed by atoms with Gasteiger partial charge in [-0.2, -0.15) is 4.98 Å². The Morgan fingerprint density at radius 2 is 2.06 bits per heavy atom. The van der Waals surface area contributed by atoms with Crippen molar-refractivity contribution in [2.45, 2.75) is 20.4 Å². The van der Waals surface area contributed by atoms with Gasteiger partial charge in [0.05, 0.1) is 0 Å². The van der Waals surface area contributed by atoms with E-state index >= 15 is 0 Å². The highest BCUT2D eigenvalue weighted by molar-refractivity contribution is 5.42. The fourth-order valence-electron chi connectivity index (χ4n) is 1.66. The molecule has 94 valence electrons. The molecule has 0 bridgehead atoms. The van der Waals surface area contributed by atoms with E-state index in [-0.39, 0.29) is 0 Å². The molecule has 0 aliphatic rings. The minimum absolute atomic E-state index is 0.629. The summed E-state index contributed by atoms with van der Waals surface area (Å²) in [6.45, 7) is 4.73. The van der Waals surface area contributed by atoms with Crippen LogP contribution >= 0.6 is 0 Å². The highest BCUT2D eigenvalue weighted by atomic mass is 15.1. The van der Waals surface area contributed by atoms with Crippen molar-refractivity contribution in [3.63, 3.8) is 0 Å². The van der Waals surface area contributed by atoms with Gasteiger partial charge in [0.25, 0.3) is 0 Å². The monoisotopic (exact) mass is 243 g/mol. The van der Waals surface area contributed by atoms with Crippen molar-refractivity contribution in [3.8, 4) is 0 Å². The Kier molecular flexibility index (Phi) is 3.72. The number of anilines is 2. The van der Waals surface area contributed by atoms with Crippen molar-refractivity contribution in [1.29, 1.82) is 0 Å². The molecule has 2 aromatic heterocycles. The maximum atomic E-state index is 4.35. The summed E-state index contributed by atoms with van der Waals surface area (Å²) in [5, 5.41) is 6.24. The number of hydrogen-bond donors (Lipinski definition) is 2. The second kappa shape index (κ2) is 5.44. The first-order chi connectivity index (χ1) is 8.69. The van der Waals surface area contributed by atoms with Crippen molar-refractivity contribution in [2.75, 3.05) is 17.7 Å². The van der Waals surface area contributed by atoms with Crippen LogP contribution in [0, 0.1) is 13.8 Å². The van der Waals surface area contributed by atoms with Gasteiger partial charge in [0, 0.05) is 37.7 Å². The maximum absolute atomic E-state index is 4.35. The van der Waals surface area contributed by atoms with Gasteiger partial charge in [-0.15, -0.1) is 0 Å². The Hall–Kier alpha value is -2.17. The smallest absolute Gasteiger partial charge is 0.224 e. The lowest BCUT2D eigenvalue weighted by Gasteiger charge is -2.09. The molecule has 2 N–H and O–H groups in total. The van der Waals surface area contributed by atoms with Crippen molar-refractivity contribution < 1.29 is 0 Å². The van der Waals surface area contributed by atoms with Crippen LogP contribution in [0.1, 0.15) is 16.8 Å². The minimum atomic E-state index is 0.629. The molecule has 0 saturated heterocycles. The van der Waals surface area contributed by atoms with E-state index in [4.69, 9.17) is 0 Å². The Labute approximate surface area is 107 Å². The molecule has 5 nitrogen and oxygen atoms in total. The molecule has 0 aromatic carbocycles. The van der Waals surface area contributed by atoms with Gasteiger partial charge in [-0.1, -0.05) is 0 Å². The summed E-state index contributed by atoms with van der Waals surface area (Å²) in [5.74, 6) is 1.45. The molecule has 0 amide bonds. The largest absolute Gasteiger partial charge is 0.366 e. The van der Waals surface area contributed by atoms with E-state index in [0.717, 1.165) is 18.1 Å². The molecular weight excluding hydrogens is 226 g/mol. The molecular formula is C13H17N5. The lowest BCUT2D eigenvalue weighted by atomic mass is 10.1. The summed E-state index contributed by atoms with van der Waals surface area (Å²) in [7, 11) is 1.81. The zero-order valence-corrected chi connectivity index (χ0v) is 10.9. The average molecular weight is 243 g/mol.